The van der Waals surface area contributed by atoms with Gasteiger partial charge in [-0.2, -0.15) is 10.4 Å². The normalized spacial score (nSPS) is 14.4. The van der Waals surface area contributed by atoms with Crippen LogP contribution in [0.3, 0.4) is 0 Å². The first kappa shape index (κ1) is 14.8. The molecule has 0 unspecified atom stereocenters. The number of hydrogen-bond donors (Lipinski definition) is 1. The quantitative estimate of drug-likeness (QED) is 0.881. The molecule has 1 N–H and O–H groups in total. The monoisotopic (exact) mass is 294 g/mol. The third kappa shape index (κ3) is 3.20. The SMILES string of the molecule is CN(Cc1ccccc1C#N)Cc1n[nH]c2c1CCCCC2. The van der Waals surface area contributed by atoms with Gasteiger partial charge in [0.1, 0.15) is 0 Å². The lowest BCUT2D eigenvalue weighted by Gasteiger charge is -2.17. The van der Waals surface area contributed by atoms with Crippen molar-refractivity contribution in [2.45, 2.75) is 45.2 Å². The molecule has 0 saturated heterocycles. The molecule has 0 spiro atoms. The van der Waals surface area contributed by atoms with Gasteiger partial charge in [0.05, 0.1) is 17.3 Å². The highest BCUT2D eigenvalue weighted by Crippen LogP contribution is 2.23. The summed E-state index contributed by atoms with van der Waals surface area (Å²) in [5.41, 5.74) is 5.77. The molecule has 1 aromatic carbocycles. The number of aromatic nitrogens is 2. The van der Waals surface area contributed by atoms with Crippen LogP contribution in [0.5, 0.6) is 0 Å². The van der Waals surface area contributed by atoms with E-state index in [1.54, 1.807) is 0 Å². The van der Waals surface area contributed by atoms with Crippen molar-refractivity contribution < 1.29 is 0 Å². The number of H-pyrrole nitrogens is 1. The zero-order chi connectivity index (χ0) is 15.4. The number of aryl methyl sites for hydroxylation is 1. The summed E-state index contributed by atoms with van der Waals surface area (Å²) in [5.74, 6) is 0. The summed E-state index contributed by atoms with van der Waals surface area (Å²) in [6.45, 7) is 1.59. The van der Waals surface area contributed by atoms with Gasteiger partial charge >= 0.3 is 0 Å². The van der Waals surface area contributed by atoms with E-state index in [1.165, 1.54) is 36.2 Å². The second kappa shape index (κ2) is 6.76. The lowest BCUT2D eigenvalue weighted by molar-refractivity contribution is 0.313. The van der Waals surface area contributed by atoms with Crippen molar-refractivity contribution in [1.29, 1.82) is 5.26 Å². The van der Waals surface area contributed by atoms with Gasteiger partial charge in [-0.15, -0.1) is 0 Å². The largest absolute Gasteiger partial charge is 0.296 e. The first-order valence-corrected chi connectivity index (χ1v) is 7.99. The minimum atomic E-state index is 0.759. The Hall–Kier alpha value is -2.12. The summed E-state index contributed by atoms with van der Waals surface area (Å²) >= 11 is 0. The lowest BCUT2D eigenvalue weighted by atomic mass is 10.1. The van der Waals surface area contributed by atoms with Gasteiger partial charge in [-0.3, -0.25) is 10.00 Å². The molecule has 4 heteroatoms. The molecule has 0 saturated carbocycles. The fraction of sp³-hybridized carbons (Fsp3) is 0.444. The Morgan fingerprint density at radius 3 is 2.86 bits per heavy atom. The number of fused-ring (bicyclic) bond motifs is 1. The van der Waals surface area contributed by atoms with Crippen LogP contribution in [0, 0.1) is 11.3 Å². The van der Waals surface area contributed by atoms with E-state index in [9.17, 15) is 5.26 Å². The second-order valence-corrected chi connectivity index (χ2v) is 6.13. The van der Waals surface area contributed by atoms with Crippen LogP contribution in [0.4, 0.5) is 0 Å². The van der Waals surface area contributed by atoms with Gasteiger partial charge in [0, 0.05) is 18.8 Å². The highest BCUT2D eigenvalue weighted by Gasteiger charge is 2.17. The van der Waals surface area contributed by atoms with Gasteiger partial charge in [0.25, 0.3) is 0 Å². The minimum absolute atomic E-state index is 0.759. The van der Waals surface area contributed by atoms with Crippen molar-refractivity contribution in [2.75, 3.05) is 7.05 Å². The van der Waals surface area contributed by atoms with Crippen molar-refractivity contribution in [2.24, 2.45) is 0 Å². The van der Waals surface area contributed by atoms with Crippen LogP contribution >= 0.6 is 0 Å². The summed E-state index contributed by atoms with van der Waals surface area (Å²) < 4.78 is 0. The Balaban J connectivity index is 1.71. The van der Waals surface area contributed by atoms with E-state index in [0.29, 0.717) is 0 Å². The zero-order valence-electron chi connectivity index (χ0n) is 13.1. The van der Waals surface area contributed by atoms with E-state index >= 15 is 0 Å². The Bertz CT molecular complexity index is 681. The fourth-order valence-electron chi connectivity index (χ4n) is 3.23. The maximum Gasteiger partial charge on any atom is 0.0995 e. The van der Waals surface area contributed by atoms with Crippen LogP contribution in [0.15, 0.2) is 24.3 Å². The zero-order valence-corrected chi connectivity index (χ0v) is 13.1. The molecule has 0 aliphatic heterocycles. The van der Waals surface area contributed by atoms with Gasteiger partial charge in [-0.05, 0) is 49.9 Å². The molecule has 0 fully saturated rings. The van der Waals surface area contributed by atoms with Crippen LogP contribution in [0.2, 0.25) is 0 Å². The molecular formula is C18H22N4. The van der Waals surface area contributed by atoms with Gasteiger partial charge in [0.2, 0.25) is 0 Å². The lowest BCUT2D eigenvalue weighted by Crippen LogP contribution is -2.19. The maximum atomic E-state index is 9.19. The predicted molar refractivity (Wildman–Crippen MR) is 86.2 cm³/mol. The maximum absolute atomic E-state index is 9.19. The Morgan fingerprint density at radius 2 is 2.00 bits per heavy atom. The average molecular weight is 294 g/mol. The van der Waals surface area contributed by atoms with Gasteiger partial charge < -0.3 is 0 Å². The molecule has 1 aromatic heterocycles. The minimum Gasteiger partial charge on any atom is -0.296 e. The second-order valence-electron chi connectivity index (χ2n) is 6.13. The number of nitriles is 1. The molecule has 4 nitrogen and oxygen atoms in total. The summed E-state index contributed by atoms with van der Waals surface area (Å²) in [5, 5.41) is 17.0. The van der Waals surface area contributed by atoms with E-state index in [4.69, 9.17) is 0 Å². The van der Waals surface area contributed by atoms with Crippen LogP contribution < -0.4 is 0 Å². The molecule has 1 aliphatic carbocycles. The van der Waals surface area contributed by atoms with Crippen molar-refractivity contribution in [3.05, 3.63) is 52.3 Å². The molecule has 0 radical (unpaired) electrons. The standard InChI is InChI=1S/C18H22N4/c1-22(12-15-8-6-5-7-14(15)11-19)13-18-16-9-3-2-4-10-17(16)20-21-18/h5-8H,2-4,9-10,12-13H2,1H3,(H,20,21). The van der Waals surface area contributed by atoms with E-state index < -0.39 is 0 Å². The summed E-state index contributed by atoms with van der Waals surface area (Å²) in [7, 11) is 2.09. The van der Waals surface area contributed by atoms with Crippen LogP contribution in [-0.2, 0) is 25.9 Å². The third-order valence-electron chi connectivity index (χ3n) is 4.39. The number of aromatic amines is 1. The van der Waals surface area contributed by atoms with Crippen molar-refractivity contribution in [1.82, 2.24) is 15.1 Å². The summed E-state index contributed by atoms with van der Waals surface area (Å²) in [4.78, 5) is 2.23. The van der Waals surface area contributed by atoms with Crippen molar-refractivity contribution >= 4 is 0 Å². The molecule has 0 bridgehead atoms. The molecule has 0 atom stereocenters. The van der Waals surface area contributed by atoms with E-state index in [1.807, 2.05) is 24.3 Å². The molecule has 0 amide bonds. The van der Waals surface area contributed by atoms with Gasteiger partial charge in [-0.1, -0.05) is 24.6 Å². The molecule has 1 aliphatic rings. The number of rotatable bonds is 4. The molecule has 2 aromatic rings. The summed E-state index contributed by atoms with van der Waals surface area (Å²) in [6, 6.07) is 10.1. The first-order chi connectivity index (χ1) is 10.8. The molecule has 3 rings (SSSR count). The van der Waals surface area contributed by atoms with Gasteiger partial charge in [0.15, 0.2) is 0 Å². The Kier molecular flexibility index (Phi) is 4.55. The van der Waals surface area contributed by atoms with Crippen molar-refractivity contribution in [3.8, 4) is 6.07 Å². The Labute approximate surface area is 131 Å². The first-order valence-electron chi connectivity index (χ1n) is 7.99. The van der Waals surface area contributed by atoms with E-state index in [2.05, 4.69) is 28.2 Å². The molecular weight excluding hydrogens is 272 g/mol. The Morgan fingerprint density at radius 1 is 1.18 bits per heavy atom. The molecule has 22 heavy (non-hydrogen) atoms. The highest BCUT2D eigenvalue weighted by molar-refractivity contribution is 5.37. The third-order valence-corrected chi connectivity index (χ3v) is 4.39. The van der Waals surface area contributed by atoms with Gasteiger partial charge in [-0.25, -0.2) is 0 Å². The predicted octanol–water partition coefficient (Wildman–Crippen LogP) is 3.18. The van der Waals surface area contributed by atoms with Crippen LogP contribution in [0.25, 0.3) is 0 Å². The van der Waals surface area contributed by atoms with Crippen LogP contribution in [-0.4, -0.2) is 22.1 Å². The summed E-state index contributed by atoms with van der Waals surface area (Å²) in [6.07, 6.45) is 6.11. The fourth-order valence-corrected chi connectivity index (χ4v) is 3.23. The number of nitrogens with one attached hydrogen (secondary N) is 1. The van der Waals surface area contributed by atoms with Crippen LogP contribution in [0.1, 0.15) is 47.3 Å². The van der Waals surface area contributed by atoms with E-state index in [-0.39, 0.29) is 0 Å². The topological polar surface area (TPSA) is 55.7 Å². The number of nitrogens with zero attached hydrogens (tertiary/aromatic N) is 3. The molecule has 114 valence electrons. The molecule has 1 heterocycles. The number of benzene rings is 1. The smallest absolute Gasteiger partial charge is 0.0995 e. The van der Waals surface area contributed by atoms with E-state index in [0.717, 1.165) is 37.1 Å². The number of hydrogen-bond acceptors (Lipinski definition) is 3. The van der Waals surface area contributed by atoms with Crippen molar-refractivity contribution in [3.63, 3.8) is 0 Å². The average Bonchev–Trinajstić information content (AvgIpc) is 2.75. The highest BCUT2D eigenvalue weighted by atomic mass is 15.2.